The number of hydrogen-bond donors (Lipinski definition) is 3. The first-order chi connectivity index (χ1) is 16.9. The number of fused-ring (bicyclic) bond motifs is 1. The molecular weight excluding hydrogens is 484 g/mol. The molecule has 1 atom stereocenters. The molecule has 1 aliphatic rings. The smallest absolute Gasteiger partial charge is 0.268 e. The molecule has 3 N–H and O–H groups in total. The summed E-state index contributed by atoms with van der Waals surface area (Å²) in [6, 6.07) is 6.66. The van der Waals surface area contributed by atoms with Crippen molar-refractivity contribution in [3.05, 3.63) is 59.4 Å². The molecule has 0 aliphatic carbocycles. The van der Waals surface area contributed by atoms with Crippen LogP contribution in [0.1, 0.15) is 0 Å². The third-order valence-corrected chi connectivity index (χ3v) is 5.66. The molecule has 3 aromatic heterocycles. The number of aliphatic hydroxyl groups excluding tert-OH is 1. The number of aromatic nitrogens is 5. The number of nitrogens with zero attached hydrogens (tertiary/aromatic N) is 5. The molecule has 4 aromatic rings. The molecule has 1 aromatic carbocycles. The van der Waals surface area contributed by atoms with Crippen molar-refractivity contribution in [2.45, 2.75) is 12.2 Å². The van der Waals surface area contributed by atoms with E-state index in [0.717, 1.165) is 12.3 Å². The Bertz CT molecular complexity index is 1360. The molecule has 10 nitrogen and oxygen atoms in total. The lowest BCUT2D eigenvalue weighted by Crippen LogP contribution is -2.55. The van der Waals surface area contributed by atoms with Gasteiger partial charge in [-0.2, -0.15) is 10.1 Å². The second-order valence-corrected chi connectivity index (χ2v) is 8.32. The molecule has 0 spiro atoms. The third-order valence-electron chi connectivity index (χ3n) is 5.35. The largest absolute Gasteiger partial charge is 0.462 e. The van der Waals surface area contributed by atoms with Crippen LogP contribution in [0.4, 0.5) is 14.6 Å². The Morgan fingerprint density at radius 3 is 2.80 bits per heavy atom. The van der Waals surface area contributed by atoms with Crippen LogP contribution in [0.15, 0.2) is 42.7 Å². The van der Waals surface area contributed by atoms with E-state index in [1.807, 2.05) is 4.90 Å². The number of aliphatic hydroxyl groups is 1. The number of likely N-dealkylation sites (tertiary alicyclic amines) is 1. The van der Waals surface area contributed by atoms with Crippen molar-refractivity contribution in [2.24, 2.45) is 0 Å². The van der Waals surface area contributed by atoms with Crippen molar-refractivity contribution in [2.75, 3.05) is 25.0 Å². The summed E-state index contributed by atoms with van der Waals surface area (Å²) < 4.78 is 33.8. The van der Waals surface area contributed by atoms with E-state index in [2.05, 4.69) is 30.5 Å². The molecule has 180 valence electrons. The van der Waals surface area contributed by atoms with Crippen molar-refractivity contribution in [3.63, 3.8) is 0 Å². The molecule has 35 heavy (non-hydrogen) atoms. The number of carbonyl (C=O) groups excluding carboxylic acids is 1. The van der Waals surface area contributed by atoms with Crippen LogP contribution < -0.4 is 10.1 Å². The summed E-state index contributed by atoms with van der Waals surface area (Å²) >= 11 is 6.19. The first kappa shape index (κ1) is 23.0. The molecule has 1 aliphatic heterocycles. The van der Waals surface area contributed by atoms with Gasteiger partial charge in [0.05, 0.1) is 29.1 Å². The number of amides is 1. The minimum absolute atomic E-state index is 0.0219. The Hall–Kier alpha value is -3.74. The molecule has 0 bridgehead atoms. The van der Waals surface area contributed by atoms with Gasteiger partial charge in [0.15, 0.2) is 17.6 Å². The average Bonchev–Trinajstić information content (AvgIpc) is 3.28. The Kier molecular flexibility index (Phi) is 6.24. The van der Waals surface area contributed by atoms with Crippen LogP contribution in [0, 0.1) is 11.6 Å². The van der Waals surface area contributed by atoms with Gasteiger partial charge < -0.3 is 15.2 Å². The number of H-pyrrole nitrogens is 1. The highest BCUT2D eigenvalue weighted by Gasteiger charge is 2.32. The summed E-state index contributed by atoms with van der Waals surface area (Å²) in [6.07, 6.45) is 0.779. The van der Waals surface area contributed by atoms with Gasteiger partial charge in [-0.25, -0.2) is 18.7 Å². The number of β-amino-alcohol motifs (C(OH)–C–C–N with tert-alkyl or cyclic N) is 1. The van der Waals surface area contributed by atoms with Gasteiger partial charge in [-0.05, 0) is 24.3 Å². The number of carbonyl (C=O) groups is 1. The predicted molar refractivity (Wildman–Crippen MR) is 122 cm³/mol. The number of pyridine rings is 1. The molecule has 1 fully saturated rings. The number of hydrogen-bond acceptors (Lipinski definition) is 8. The molecule has 1 amide bonds. The molecule has 1 saturated heterocycles. The van der Waals surface area contributed by atoms with Crippen LogP contribution in [0.2, 0.25) is 5.02 Å². The predicted octanol–water partition coefficient (Wildman–Crippen LogP) is 2.41. The zero-order valence-electron chi connectivity index (χ0n) is 18.0. The van der Waals surface area contributed by atoms with Gasteiger partial charge in [0.25, 0.3) is 5.91 Å². The van der Waals surface area contributed by atoms with E-state index >= 15 is 0 Å². The van der Waals surface area contributed by atoms with E-state index in [4.69, 9.17) is 16.3 Å². The van der Waals surface area contributed by atoms with Crippen LogP contribution in [0.5, 0.6) is 5.88 Å². The van der Waals surface area contributed by atoms with Crippen molar-refractivity contribution in [3.8, 4) is 17.3 Å². The summed E-state index contributed by atoms with van der Waals surface area (Å²) in [5.74, 6) is -1.71. The standard InChI is InChI=1S/C22H18ClF2N7O3/c23-14-2-1-3-15(25)18(14)20-29-19-13(7-27-31-19)22(30-20)35-16(10-32-8-12(33)9-32)21(34)28-17-5-4-11(24)6-26-17/h1-7,12,16,33H,8-10H2,(H,26,28,34)(H,27,29,30,31)/t16-/m0/s1. The highest BCUT2D eigenvalue weighted by atomic mass is 35.5. The van der Waals surface area contributed by atoms with Crippen molar-refractivity contribution >= 4 is 34.4 Å². The molecule has 0 saturated carbocycles. The van der Waals surface area contributed by atoms with E-state index in [9.17, 15) is 18.7 Å². The number of aromatic amines is 1. The van der Waals surface area contributed by atoms with Gasteiger partial charge in [0.2, 0.25) is 5.88 Å². The lowest BCUT2D eigenvalue weighted by atomic mass is 10.1. The molecule has 4 heterocycles. The van der Waals surface area contributed by atoms with E-state index in [1.54, 1.807) is 0 Å². The molecule has 5 rings (SSSR count). The minimum atomic E-state index is -1.12. The summed E-state index contributed by atoms with van der Waals surface area (Å²) in [5.41, 5.74) is 0.223. The fourth-order valence-corrected chi connectivity index (χ4v) is 3.86. The van der Waals surface area contributed by atoms with Crippen LogP contribution in [-0.2, 0) is 4.79 Å². The first-order valence-corrected chi connectivity index (χ1v) is 10.9. The quantitative estimate of drug-likeness (QED) is 0.352. The van der Waals surface area contributed by atoms with Gasteiger partial charge in [-0.15, -0.1) is 0 Å². The molecule has 13 heteroatoms. The Morgan fingerprint density at radius 1 is 1.26 bits per heavy atom. The lowest BCUT2D eigenvalue weighted by molar-refractivity contribution is -0.125. The summed E-state index contributed by atoms with van der Waals surface area (Å²) in [7, 11) is 0. The van der Waals surface area contributed by atoms with E-state index in [1.165, 1.54) is 30.5 Å². The molecule has 0 radical (unpaired) electrons. The SMILES string of the molecule is O=C(Nc1ccc(F)cn1)[C@H](CN1CC(O)C1)Oc1nc(-c2c(F)cccc2Cl)nc2[nH]ncc12. The maximum atomic E-state index is 14.6. The normalized spacial score (nSPS) is 15.1. The fourth-order valence-electron chi connectivity index (χ4n) is 3.61. The van der Waals surface area contributed by atoms with Gasteiger partial charge in [-0.1, -0.05) is 17.7 Å². The minimum Gasteiger partial charge on any atom is -0.462 e. The highest BCUT2D eigenvalue weighted by Crippen LogP contribution is 2.32. The third kappa shape index (κ3) is 4.90. The number of nitrogens with one attached hydrogen (secondary N) is 2. The fraction of sp³-hybridized carbons (Fsp3) is 0.227. The van der Waals surface area contributed by atoms with Crippen LogP contribution in [-0.4, -0.2) is 72.9 Å². The summed E-state index contributed by atoms with van der Waals surface area (Å²) in [5, 5.41) is 19.3. The maximum Gasteiger partial charge on any atom is 0.268 e. The van der Waals surface area contributed by atoms with Crippen LogP contribution in [0.3, 0.4) is 0 Å². The van der Waals surface area contributed by atoms with Gasteiger partial charge in [0.1, 0.15) is 22.8 Å². The zero-order chi connectivity index (χ0) is 24.5. The summed E-state index contributed by atoms with van der Waals surface area (Å²) in [6.45, 7) is 0.842. The van der Waals surface area contributed by atoms with E-state index in [0.29, 0.717) is 18.5 Å². The van der Waals surface area contributed by atoms with Gasteiger partial charge in [0, 0.05) is 19.6 Å². The number of benzene rings is 1. The van der Waals surface area contributed by atoms with Gasteiger partial charge in [-0.3, -0.25) is 14.8 Å². The van der Waals surface area contributed by atoms with E-state index in [-0.39, 0.29) is 40.3 Å². The maximum absolute atomic E-state index is 14.6. The van der Waals surface area contributed by atoms with Crippen LogP contribution in [0.25, 0.3) is 22.4 Å². The topological polar surface area (TPSA) is 129 Å². The van der Waals surface area contributed by atoms with Crippen molar-refractivity contribution < 1.29 is 23.4 Å². The summed E-state index contributed by atoms with van der Waals surface area (Å²) in [4.78, 5) is 27.4. The molecule has 0 unspecified atom stereocenters. The zero-order valence-corrected chi connectivity index (χ0v) is 18.7. The van der Waals surface area contributed by atoms with Crippen LogP contribution >= 0.6 is 11.6 Å². The number of ether oxygens (including phenoxy) is 1. The second kappa shape index (κ2) is 9.49. The number of halogens is 3. The monoisotopic (exact) mass is 501 g/mol. The first-order valence-electron chi connectivity index (χ1n) is 10.5. The Balaban J connectivity index is 1.48. The van der Waals surface area contributed by atoms with Crippen molar-refractivity contribution in [1.29, 1.82) is 0 Å². The number of rotatable bonds is 7. The Morgan fingerprint density at radius 2 is 2.09 bits per heavy atom. The lowest BCUT2D eigenvalue weighted by Gasteiger charge is -2.37. The average molecular weight is 502 g/mol. The highest BCUT2D eigenvalue weighted by molar-refractivity contribution is 6.33. The second-order valence-electron chi connectivity index (χ2n) is 7.91. The number of anilines is 1. The Labute approximate surface area is 201 Å². The van der Waals surface area contributed by atoms with Crippen molar-refractivity contribution in [1.82, 2.24) is 30.0 Å². The molecular formula is C22H18ClF2N7O3. The van der Waals surface area contributed by atoms with E-state index < -0.39 is 29.7 Å². The van der Waals surface area contributed by atoms with Gasteiger partial charge >= 0.3 is 0 Å².